The Hall–Kier alpha value is -1.27. The van der Waals surface area contributed by atoms with Gasteiger partial charge in [0.15, 0.2) is 0 Å². The second kappa shape index (κ2) is 7.13. The Bertz CT molecular complexity index is 566. The minimum absolute atomic E-state index is 0.236. The van der Waals surface area contributed by atoms with Crippen molar-refractivity contribution in [2.24, 2.45) is 5.92 Å². The number of nitrogens with zero attached hydrogens (tertiary/aromatic N) is 1. The van der Waals surface area contributed by atoms with E-state index in [2.05, 4.69) is 26.1 Å². The molecule has 1 aromatic rings. The summed E-state index contributed by atoms with van der Waals surface area (Å²) in [5.74, 6) is 0.526. The molecule has 0 radical (unpaired) electrons. The lowest BCUT2D eigenvalue weighted by Gasteiger charge is -2.25. The van der Waals surface area contributed by atoms with E-state index in [0.29, 0.717) is 17.3 Å². The highest BCUT2D eigenvalue weighted by atomic mass is 32.2. The Morgan fingerprint density at radius 1 is 1.24 bits per heavy atom. The number of sulfonamides is 1. The monoisotopic (exact) mass is 313 g/mol. The molecule has 0 aliphatic carbocycles. The summed E-state index contributed by atoms with van der Waals surface area (Å²) in [6.07, 6.45) is 2.14. The highest BCUT2D eigenvalue weighted by molar-refractivity contribution is 7.89. The first-order valence-electron chi connectivity index (χ1n) is 7.32. The van der Waals surface area contributed by atoms with E-state index >= 15 is 0 Å². The van der Waals surface area contributed by atoms with Gasteiger partial charge in [-0.05, 0) is 31.0 Å². The van der Waals surface area contributed by atoms with Crippen LogP contribution >= 0.6 is 0 Å². The Labute approximate surface area is 128 Å². The van der Waals surface area contributed by atoms with Crippen LogP contribution in [0.2, 0.25) is 0 Å². The molecule has 5 nitrogen and oxygen atoms in total. The molecule has 0 heterocycles. The van der Waals surface area contributed by atoms with Crippen LogP contribution < -0.4 is 11.1 Å². The molecule has 0 saturated carbocycles. The number of rotatable bonds is 7. The summed E-state index contributed by atoms with van der Waals surface area (Å²) in [4.78, 5) is 0.251. The van der Waals surface area contributed by atoms with Crippen LogP contribution in [0.3, 0.4) is 0 Å². The van der Waals surface area contributed by atoms with Gasteiger partial charge in [0, 0.05) is 20.1 Å². The van der Waals surface area contributed by atoms with Gasteiger partial charge in [-0.2, -0.15) is 0 Å². The lowest BCUT2D eigenvalue weighted by molar-refractivity contribution is 0.438. The fourth-order valence-electron chi connectivity index (χ4n) is 2.39. The van der Waals surface area contributed by atoms with E-state index in [1.165, 1.54) is 24.5 Å². The van der Waals surface area contributed by atoms with Gasteiger partial charge in [-0.1, -0.05) is 26.7 Å². The average Bonchev–Trinajstić information content (AvgIpc) is 2.42. The van der Waals surface area contributed by atoms with Gasteiger partial charge in [0.05, 0.1) is 16.3 Å². The summed E-state index contributed by atoms with van der Waals surface area (Å²) in [5, 5.41) is 3.36. The van der Waals surface area contributed by atoms with Crippen molar-refractivity contribution < 1.29 is 8.42 Å². The molecule has 0 aliphatic rings. The summed E-state index contributed by atoms with van der Waals surface area (Å²) in [6, 6.07) is 5.03. The third-order valence-electron chi connectivity index (χ3n) is 3.94. The number of nitrogens with two attached hydrogens (primary N) is 1. The molecule has 21 heavy (non-hydrogen) atoms. The second-order valence-corrected chi connectivity index (χ2v) is 7.70. The van der Waals surface area contributed by atoms with Crippen LogP contribution in [-0.2, 0) is 10.0 Å². The topological polar surface area (TPSA) is 75.4 Å². The summed E-state index contributed by atoms with van der Waals surface area (Å²) in [5.41, 5.74) is 7.21. The number of nitrogen functional groups attached to an aromatic ring is 1. The van der Waals surface area contributed by atoms with E-state index in [9.17, 15) is 8.42 Å². The van der Waals surface area contributed by atoms with Gasteiger partial charge in [-0.25, -0.2) is 12.7 Å². The zero-order valence-electron chi connectivity index (χ0n) is 13.6. The van der Waals surface area contributed by atoms with E-state index in [1.54, 1.807) is 12.1 Å². The minimum Gasteiger partial charge on any atom is -0.397 e. The largest absolute Gasteiger partial charge is 0.397 e. The first-order chi connectivity index (χ1) is 9.73. The van der Waals surface area contributed by atoms with Crippen LogP contribution in [0, 0.1) is 5.92 Å². The Morgan fingerprint density at radius 2 is 1.81 bits per heavy atom. The van der Waals surface area contributed by atoms with E-state index < -0.39 is 10.0 Å². The SMILES string of the molecule is CCC(CC)C(C)Nc1cc(S(=O)(=O)N(C)C)ccc1N. The third kappa shape index (κ3) is 4.11. The van der Waals surface area contributed by atoms with Crippen LogP contribution in [0.1, 0.15) is 33.6 Å². The maximum atomic E-state index is 12.2. The quantitative estimate of drug-likeness (QED) is 0.759. The van der Waals surface area contributed by atoms with E-state index in [1.807, 2.05) is 0 Å². The van der Waals surface area contributed by atoms with Crippen LogP contribution in [0.15, 0.2) is 23.1 Å². The fraction of sp³-hybridized carbons (Fsp3) is 0.600. The smallest absolute Gasteiger partial charge is 0.242 e. The number of hydrogen-bond acceptors (Lipinski definition) is 4. The second-order valence-electron chi connectivity index (χ2n) is 5.55. The van der Waals surface area contributed by atoms with Gasteiger partial charge in [-0.3, -0.25) is 0 Å². The molecule has 120 valence electrons. The van der Waals surface area contributed by atoms with Crippen molar-refractivity contribution in [2.45, 2.75) is 44.6 Å². The maximum Gasteiger partial charge on any atom is 0.242 e. The highest BCUT2D eigenvalue weighted by Gasteiger charge is 2.20. The average molecular weight is 313 g/mol. The van der Waals surface area contributed by atoms with Crippen LogP contribution in [0.25, 0.3) is 0 Å². The molecule has 0 aromatic heterocycles. The van der Waals surface area contributed by atoms with Crippen LogP contribution in [0.5, 0.6) is 0 Å². The summed E-state index contributed by atoms with van der Waals surface area (Å²) < 4.78 is 25.6. The molecule has 1 rings (SSSR count). The maximum absolute atomic E-state index is 12.2. The van der Waals surface area contributed by atoms with Crippen molar-refractivity contribution in [2.75, 3.05) is 25.1 Å². The Balaban J connectivity index is 3.09. The van der Waals surface area contributed by atoms with Gasteiger partial charge >= 0.3 is 0 Å². The van der Waals surface area contributed by atoms with E-state index in [4.69, 9.17) is 5.73 Å². The highest BCUT2D eigenvalue weighted by Crippen LogP contribution is 2.27. The summed E-state index contributed by atoms with van der Waals surface area (Å²) in [7, 11) is -0.407. The Morgan fingerprint density at radius 3 is 2.29 bits per heavy atom. The van der Waals surface area contributed by atoms with Crippen LogP contribution in [0.4, 0.5) is 11.4 Å². The zero-order chi connectivity index (χ0) is 16.2. The van der Waals surface area contributed by atoms with Gasteiger partial charge < -0.3 is 11.1 Å². The molecule has 1 unspecified atom stereocenters. The number of benzene rings is 1. The molecule has 0 bridgehead atoms. The Kier molecular flexibility index (Phi) is 6.04. The predicted molar refractivity (Wildman–Crippen MR) is 88.9 cm³/mol. The standard InChI is InChI=1S/C15H27N3O2S/c1-6-12(7-2)11(3)17-15-10-13(8-9-14(15)16)21(19,20)18(4)5/h8-12,17H,6-7,16H2,1-5H3. The fourth-order valence-corrected chi connectivity index (χ4v) is 3.32. The molecule has 1 aromatic carbocycles. The lowest BCUT2D eigenvalue weighted by Crippen LogP contribution is -2.26. The van der Waals surface area contributed by atoms with Crippen molar-refractivity contribution >= 4 is 21.4 Å². The number of hydrogen-bond donors (Lipinski definition) is 2. The van der Waals surface area contributed by atoms with Crippen LogP contribution in [-0.4, -0.2) is 32.9 Å². The summed E-state index contributed by atoms with van der Waals surface area (Å²) in [6.45, 7) is 6.41. The molecule has 0 amide bonds. The molecule has 1 atom stereocenters. The van der Waals surface area contributed by atoms with Crippen molar-refractivity contribution in [1.82, 2.24) is 4.31 Å². The first kappa shape index (κ1) is 17.8. The van der Waals surface area contributed by atoms with E-state index in [0.717, 1.165) is 12.8 Å². The zero-order valence-corrected chi connectivity index (χ0v) is 14.4. The van der Waals surface area contributed by atoms with Gasteiger partial charge in [0.2, 0.25) is 10.0 Å². The third-order valence-corrected chi connectivity index (χ3v) is 5.75. The molecular weight excluding hydrogens is 286 g/mol. The molecule has 0 saturated heterocycles. The molecule has 6 heteroatoms. The molecular formula is C15H27N3O2S. The van der Waals surface area contributed by atoms with Gasteiger partial charge in [0.1, 0.15) is 0 Å². The molecule has 0 aliphatic heterocycles. The van der Waals surface area contributed by atoms with Crippen molar-refractivity contribution in [1.29, 1.82) is 0 Å². The van der Waals surface area contributed by atoms with Crippen molar-refractivity contribution in [3.05, 3.63) is 18.2 Å². The minimum atomic E-state index is -3.45. The normalized spacial score (nSPS) is 13.7. The number of anilines is 2. The lowest BCUT2D eigenvalue weighted by atomic mass is 9.95. The predicted octanol–water partition coefficient (Wildman–Crippen LogP) is 2.76. The van der Waals surface area contributed by atoms with Gasteiger partial charge in [0.25, 0.3) is 0 Å². The summed E-state index contributed by atoms with van der Waals surface area (Å²) >= 11 is 0. The number of nitrogens with one attached hydrogen (secondary N) is 1. The van der Waals surface area contributed by atoms with Crippen molar-refractivity contribution in [3.63, 3.8) is 0 Å². The molecule has 3 N–H and O–H groups in total. The van der Waals surface area contributed by atoms with Crippen molar-refractivity contribution in [3.8, 4) is 0 Å². The first-order valence-corrected chi connectivity index (χ1v) is 8.76. The van der Waals surface area contributed by atoms with E-state index in [-0.39, 0.29) is 10.9 Å². The molecule has 0 fully saturated rings. The molecule has 0 spiro atoms. The van der Waals surface area contributed by atoms with Gasteiger partial charge in [-0.15, -0.1) is 0 Å².